The molecular weight excluding hydrogens is 476 g/mol. The van der Waals surface area contributed by atoms with Gasteiger partial charge in [0, 0.05) is 16.8 Å². The first-order valence-electron chi connectivity index (χ1n) is 12.7. The fourth-order valence-electron chi connectivity index (χ4n) is 6.39. The van der Waals surface area contributed by atoms with Crippen molar-refractivity contribution in [1.29, 1.82) is 0 Å². The summed E-state index contributed by atoms with van der Waals surface area (Å²) in [7, 11) is 1.57. The van der Waals surface area contributed by atoms with Crippen LogP contribution in [-0.2, 0) is 9.59 Å². The smallest absolute Gasteiger partial charge is 0.240 e. The van der Waals surface area contributed by atoms with Gasteiger partial charge >= 0.3 is 0 Å². The number of fused-ring (bicyclic) bond motifs is 7. The quantitative estimate of drug-likeness (QED) is 0.287. The van der Waals surface area contributed by atoms with E-state index in [1.54, 1.807) is 43.5 Å². The van der Waals surface area contributed by atoms with Crippen molar-refractivity contribution in [1.82, 2.24) is 0 Å². The Morgan fingerprint density at radius 2 is 1.50 bits per heavy atom. The number of Topliss-reactive ketones (excluding diaryl/α,β-unsaturated/α-hetero) is 1. The van der Waals surface area contributed by atoms with Crippen LogP contribution in [0.2, 0.25) is 0 Å². The summed E-state index contributed by atoms with van der Waals surface area (Å²) in [5.74, 6) is -1.62. The van der Waals surface area contributed by atoms with Crippen LogP contribution in [0.25, 0.3) is 16.8 Å². The molecule has 4 atom stereocenters. The number of nitrogens with zero attached hydrogens (tertiary/aromatic N) is 2. The van der Waals surface area contributed by atoms with Crippen molar-refractivity contribution < 1.29 is 19.1 Å². The first kappa shape index (κ1) is 22.5. The normalized spacial score (nSPS) is 23.4. The van der Waals surface area contributed by atoms with Gasteiger partial charge in [0.15, 0.2) is 5.78 Å². The van der Waals surface area contributed by atoms with Gasteiger partial charge in [-0.1, -0.05) is 72.8 Å². The highest BCUT2D eigenvalue weighted by molar-refractivity contribution is 6.25. The molecule has 0 bridgehead atoms. The molecule has 0 aromatic heterocycles. The second kappa shape index (κ2) is 8.42. The molecular formula is C32H24N2O4. The van der Waals surface area contributed by atoms with Crippen LogP contribution in [0.3, 0.4) is 0 Å². The number of anilines is 2. The van der Waals surface area contributed by atoms with Crippen molar-refractivity contribution in [2.45, 2.75) is 12.1 Å². The zero-order chi connectivity index (χ0) is 26.0. The minimum absolute atomic E-state index is 0.157. The Balaban J connectivity index is 1.39. The monoisotopic (exact) mass is 500 g/mol. The van der Waals surface area contributed by atoms with Gasteiger partial charge < -0.3 is 9.64 Å². The van der Waals surface area contributed by atoms with E-state index < -0.39 is 23.9 Å². The minimum Gasteiger partial charge on any atom is -0.497 e. The number of hydrogen-bond donors (Lipinski definition) is 0. The Bertz CT molecular complexity index is 1640. The molecule has 2 fully saturated rings. The highest BCUT2D eigenvalue weighted by Gasteiger charge is 2.64. The molecule has 4 unspecified atom stereocenters. The second-order valence-electron chi connectivity index (χ2n) is 9.91. The number of carbonyl (C=O) groups is 3. The van der Waals surface area contributed by atoms with Crippen LogP contribution in [0.1, 0.15) is 15.9 Å². The van der Waals surface area contributed by atoms with Gasteiger partial charge in [-0.2, -0.15) is 0 Å². The third kappa shape index (κ3) is 3.10. The molecule has 3 aliphatic heterocycles. The summed E-state index contributed by atoms with van der Waals surface area (Å²) >= 11 is 0. The summed E-state index contributed by atoms with van der Waals surface area (Å²) in [5.41, 5.74) is 2.88. The zero-order valence-corrected chi connectivity index (χ0v) is 20.7. The molecule has 0 saturated carbocycles. The first-order chi connectivity index (χ1) is 18.6. The van der Waals surface area contributed by atoms with Crippen molar-refractivity contribution >= 4 is 45.8 Å². The maximum absolute atomic E-state index is 14.1. The Labute approximate surface area is 219 Å². The summed E-state index contributed by atoms with van der Waals surface area (Å²) in [6.45, 7) is 0. The van der Waals surface area contributed by atoms with Gasteiger partial charge in [0.05, 0.1) is 30.7 Å². The summed E-state index contributed by atoms with van der Waals surface area (Å²) in [6.07, 6.45) is 4.03. The predicted octanol–water partition coefficient (Wildman–Crippen LogP) is 5.12. The zero-order valence-electron chi connectivity index (χ0n) is 20.7. The number of hydrogen-bond acceptors (Lipinski definition) is 5. The van der Waals surface area contributed by atoms with Crippen molar-refractivity contribution in [3.63, 3.8) is 0 Å². The lowest BCUT2D eigenvalue weighted by atomic mass is 9.86. The number of ketones is 1. The summed E-state index contributed by atoms with van der Waals surface area (Å²) in [5, 5.41) is 2.16. The molecule has 3 heterocycles. The molecule has 2 amide bonds. The molecule has 6 nitrogen and oxygen atoms in total. The standard InChI is InChI=1S/C32H24N2O4/c1-38-22-14-12-21(13-15-22)33-31(36)27-26-18-16-24-23-10-6-5-7-19(23)11-17-25(24)34(26)29(28(27)32(33)37)30(35)20-8-3-2-4-9-20/h2-18,26-29H,1H3. The molecule has 0 spiro atoms. The lowest BCUT2D eigenvalue weighted by Gasteiger charge is -2.37. The molecule has 4 aromatic rings. The molecule has 2 saturated heterocycles. The summed E-state index contributed by atoms with van der Waals surface area (Å²) < 4.78 is 5.24. The van der Waals surface area contributed by atoms with Crippen LogP contribution >= 0.6 is 0 Å². The van der Waals surface area contributed by atoms with E-state index in [4.69, 9.17) is 4.74 Å². The molecule has 0 radical (unpaired) electrons. The van der Waals surface area contributed by atoms with Crippen LogP contribution in [0, 0.1) is 11.8 Å². The number of benzene rings is 4. The molecule has 4 aromatic carbocycles. The third-order valence-corrected chi connectivity index (χ3v) is 8.07. The van der Waals surface area contributed by atoms with Gasteiger partial charge in [0.2, 0.25) is 11.8 Å². The van der Waals surface area contributed by atoms with Crippen molar-refractivity contribution in [2.75, 3.05) is 16.9 Å². The first-order valence-corrected chi connectivity index (χ1v) is 12.7. The van der Waals surface area contributed by atoms with E-state index >= 15 is 0 Å². The maximum atomic E-state index is 14.1. The number of amides is 2. The van der Waals surface area contributed by atoms with Crippen LogP contribution in [0.4, 0.5) is 11.4 Å². The largest absolute Gasteiger partial charge is 0.497 e. The topological polar surface area (TPSA) is 66.9 Å². The van der Waals surface area contributed by atoms with Crippen LogP contribution in [0.15, 0.2) is 97.1 Å². The molecule has 0 N–H and O–H groups in total. The van der Waals surface area contributed by atoms with Gasteiger partial charge in [-0.25, -0.2) is 4.90 Å². The average Bonchev–Trinajstić information content (AvgIpc) is 3.45. The van der Waals surface area contributed by atoms with Gasteiger partial charge in [-0.05, 0) is 41.1 Å². The van der Waals surface area contributed by atoms with E-state index in [2.05, 4.69) is 12.1 Å². The summed E-state index contributed by atoms with van der Waals surface area (Å²) in [6, 6.07) is 26.8. The van der Waals surface area contributed by atoms with E-state index in [-0.39, 0.29) is 17.6 Å². The second-order valence-corrected chi connectivity index (χ2v) is 9.91. The molecule has 3 aliphatic rings. The average molecular weight is 501 g/mol. The molecule has 0 aliphatic carbocycles. The van der Waals surface area contributed by atoms with Crippen molar-refractivity contribution in [3.8, 4) is 5.75 Å². The van der Waals surface area contributed by atoms with Crippen LogP contribution < -0.4 is 14.5 Å². The van der Waals surface area contributed by atoms with Gasteiger partial charge in [0.1, 0.15) is 11.8 Å². The number of imide groups is 1. The van der Waals surface area contributed by atoms with Gasteiger partial charge in [-0.3, -0.25) is 14.4 Å². The van der Waals surface area contributed by atoms with E-state index in [1.165, 1.54) is 4.90 Å². The van der Waals surface area contributed by atoms with Crippen molar-refractivity contribution in [3.05, 3.63) is 108 Å². The lowest BCUT2D eigenvalue weighted by molar-refractivity contribution is -0.122. The van der Waals surface area contributed by atoms with Crippen LogP contribution in [-0.4, -0.2) is 36.8 Å². The number of ether oxygens (including phenoxy) is 1. The number of rotatable bonds is 4. The summed E-state index contributed by atoms with van der Waals surface area (Å²) in [4.78, 5) is 45.4. The fraction of sp³-hybridized carbons (Fsp3) is 0.156. The van der Waals surface area contributed by atoms with E-state index in [9.17, 15) is 14.4 Å². The molecule has 7 rings (SSSR count). The van der Waals surface area contributed by atoms with E-state index in [0.29, 0.717) is 17.0 Å². The SMILES string of the molecule is COc1ccc(N2C(=O)C3C(C2=O)C(C(=O)c2ccccc2)N2c4ccc5ccccc5c4C=CC32)cc1. The molecule has 6 heteroatoms. The Kier molecular flexibility index (Phi) is 4.98. The third-order valence-electron chi connectivity index (χ3n) is 8.07. The molecule has 186 valence electrons. The highest BCUT2D eigenvalue weighted by Crippen LogP contribution is 2.50. The minimum atomic E-state index is -0.808. The number of carbonyl (C=O) groups excluding carboxylic acids is 3. The maximum Gasteiger partial charge on any atom is 0.240 e. The lowest BCUT2D eigenvalue weighted by Crippen LogP contribution is -2.48. The van der Waals surface area contributed by atoms with Gasteiger partial charge in [0.25, 0.3) is 0 Å². The van der Waals surface area contributed by atoms with Crippen LogP contribution in [0.5, 0.6) is 5.75 Å². The van der Waals surface area contributed by atoms with Crippen molar-refractivity contribution in [2.24, 2.45) is 11.8 Å². The Hall–Kier alpha value is -4.71. The number of methoxy groups -OCH3 is 1. The van der Waals surface area contributed by atoms with E-state index in [1.807, 2.05) is 59.5 Å². The Morgan fingerprint density at radius 1 is 0.789 bits per heavy atom. The Morgan fingerprint density at radius 3 is 2.26 bits per heavy atom. The van der Waals surface area contributed by atoms with Gasteiger partial charge in [-0.15, -0.1) is 0 Å². The predicted molar refractivity (Wildman–Crippen MR) is 146 cm³/mol. The fourth-order valence-corrected chi connectivity index (χ4v) is 6.39. The van der Waals surface area contributed by atoms with E-state index in [0.717, 1.165) is 22.0 Å². The molecule has 38 heavy (non-hydrogen) atoms. The highest BCUT2D eigenvalue weighted by atomic mass is 16.5.